The summed E-state index contributed by atoms with van der Waals surface area (Å²) in [5.41, 5.74) is 5.95. The van der Waals surface area contributed by atoms with E-state index in [1.165, 1.54) is 0 Å². The maximum absolute atomic E-state index is 11.9. The molecule has 0 amide bonds. The van der Waals surface area contributed by atoms with E-state index in [-0.39, 0.29) is 6.42 Å². The van der Waals surface area contributed by atoms with E-state index in [0.29, 0.717) is 0 Å². The van der Waals surface area contributed by atoms with Crippen molar-refractivity contribution in [1.82, 2.24) is 9.55 Å². The van der Waals surface area contributed by atoms with Gasteiger partial charge in [-0.3, -0.25) is 18.9 Å². The van der Waals surface area contributed by atoms with Crippen molar-refractivity contribution in [2.24, 2.45) is 5.11 Å². The minimum absolute atomic E-state index is 0.300. The van der Waals surface area contributed by atoms with Crippen LogP contribution >= 0.6 is 23.5 Å². The molecule has 0 saturated carbocycles. The molecule has 0 spiro atoms. The first kappa shape index (κ1) is 25.6. The summed E-state index contributed by atoms with van der Waals surface area (Å²) >= 11 is 0. The van der Waals surface area contributed by atoms with Crippen LogP contribution in [0.15, 0.2) is 20.9 Å². The smallest absolute Gasteiger partial charge is 0.390 e. The van der Waals surface area contributed by atoms with Crippen molar-refractivity contribution < 1.29 is 56.3 Å². The molecular weight excluding hydrogens is 495 g/mol. The lowest BCUT2D eigenvalue weighted by atomic mass is 10.2. The van der Waals surface area contributed by atoms with Gasteiger partial charge in [0.25, 0.3) is 5.56 Å². The van der Waals surface area contributed by atoms with E-state index in [4.69, 9.17) is 24.9 Å². The minimum atomic E-state index is -5.72. The number of phosphoric acid groups is 3. The van der Waals surface area contributed by atoms with Crippen molar-refractivity contribution >= 4 is 29.2 Å². The average molecular weight is 509 g/mol. The topological polar surface area (TPSA) is 293 Å². The van der Waals surface area contributed by atoms with Gasteiger partial charge in [0.1, 0.15) is 18.0 Å². The monoisotopic (exact) mass is 509 g/mol. The number of H-pyrrole nitrogens is 1. The molecule has 1 fully saturated rings. The summed E-state index contributed by atoms with van der Waals surface area (Å²) in [5.74, 6) is 0. The lowest BCUT2D eigenvalue weighted by Crippen LogP contribution is -2.32. The predicted molar refractivity (Wildman–Crippen MR) is 94.5 cm³/mol. The molecule has 1 aliphatic heterocycles. The molecular formula is C9H14N5O14P3. The van der Waals surface area contributed by atoms with E-state index in [0.717, 1.165) is 10.8 Å². The lowest BCUT2D eigenvalue weighted by molar-refractivity contribution is -0.0449. The number of nitrogens with one attached hydrogen (secondary N) is 1. The van der Waals surface area contributed by atoms with E-state index in [9.17, 15) is 33.3 Å². The number of azide groups is 1. The molecule has 174 valence electrons. The number of aromatic nitrogens is 2. The van der Waals surface area contributed by atoms with Gasteiger partial charge in [-0.2, -0.15) is 8.62 Å². The van der Waals surface area contributed by atoms with Crippen LogP contribution in [-0.4, -0.2) is 53.0 Å². The van der Waals surface area contributed by atoms with Crippen LogP contribution in [0, 0.1) is 0 Å². The number of aliphatic hydroxyl groups is 1. The zero-order chi connectivity index (χ0) is 23.6. The van der Waals surface area contributed by atoms with Crippen LogP contribution in [0.1, 0.15) is 12.6 Å². The second-order valence-corrected chi connectivity index (χ2v) is 10.1. The van der Waals surface area contributed by atoms with Crippen LogP contribution in [0.5, 0.6) is 0 Å². The number of hydrogen-bond acceptors (Lipinski definition) is 11. The van der Waals surface area contributed by atoms with Crippen molar-refractivity contribution in [2.45, 2.75) is 24.9 Å². The van der Waals surface area contributed by atoms with Crippen molar-refractivity contribution in [3.05, 3.63) is 37.5 Å². The lowest BCUT2D eigenvalue weighted by Gasteiger charge is -2.19. The number of ether oxygens (including phenoxy) is 1. The molecule has 31 heavy (non-hydrogen) atoms. The molecule has 1 aromatic heterocycles. The highest BCUT2D eigenvalue weighted by molar-refractivity contribution is 7.66. The summed E-state index contributed by atoms with van der Waals surface area (Å²) in [4.78, 5) is 63.1. The average Bonchev–Trinajstić information content (AvgIpc) is 2.93. The van der Waals surface area contributed by atoms with Crippen LogP contribution in [0.25, 0.3) is 10.4 Å². The highest BCUT2D eigenvalue weighted by atomic mass is 31.3. The molecule has 0 radical (unpaired) electrons. The zero-order valence-corrected chi connectivity index (χ0v) is 17.4. The Labute approximate surface area is 169 Å². The zero-order valence-electron chi connectivity index (χ0n) is 14.8. The highest BCUT2D eigenvalue weighted by Crippen LogP contribution is 2.66. The molecule has 0 aromatic carbocycles. The van der Waals surface area contributed by atoms with Gasteiger partial charge < -0.3 is 29.4 Å². The Morgan fingerprint density at radius 3 is 2.45 bits per heavy atom. The Morgan fingerprint density at radius 2 is 1.87 bits per heavy atom. The summed E-state index contributed by atoms with van der Waals surface area (Å²) in [5, 5.41) is 13.1. The van der Waals surface area contributed by atoms with E-state index in [1.807, 2.05) is 4.98 Å². The quantitative estimate of drug-likeness (QED) is 0.106. The fraction of sp³-hybridized carbons (Fsp3) is 0.556. The van der Waals surface area contributed by atoms with Crippen molar-refractivity contribution in [1.29, 1.82) is 0 Å². The summed E-state index contributed by atoms with van der Waals surface area (Å²) in [6.45, 7) is -0.956. The Morgan fingerprint density at radius 1 is 1.23 bits per heavy atom. The molecule has 1 aliphatic rings. The molecule has 5 atom stereocenters. The molecule has 1 saturated heterocycles. The van der Waals surface area contributed by atoms with Crippen LogP contribution < -0.4 is 11.2 Å². The summed E-state index contributed by atoms with van der Waals surface area (Å²) in [7, 11) is -16.7. The van der Waals surface area contributed by atoms with Gasteiger partial charge in [-0.25, -0.2) is 18.5 Å². The Bertz CT molecular complexity index is 1130. The third kappa shape index (κ3) is 7.45. The number of rotatable bonds is 9. The molecule has 6 N–H and O–H groups in total. The molecule has 2 unspecified atom stereocenters. The highest BCUT2D eigenvalue weighted by Gasteiger charge is 2.43. The van der Waals surface area contributed by atoms with E-state index in [1.54, 1.807) is 0 Å². The normalized spacial score (nSPS) is 25.4. The van der Waals surface area contributed by atoms with Gasteiger partial charge in [-0.05, 0) is 5.53 Å². The standard InChI is InChI=1S/C9H14N5O14P3/c10-13-12-4-2-14(9(17)11-8(4)16)7-1-5(15)6(26-7)3-25-30(21,22)28-31(23,24)27-29(18,19)20/h2,5-7,15H,1,3H2,(H,21,22)(H,23,24)(H,11,16,17)(H2,18,19,20)/t5-,6+,7+/m0/s1. The maximum Gasteiger partial charge on any atom is 0.490 e. The van der Waals surface area contributed by atoms with Crippen LogP contribution in [0.4, 0.5) is 5.69 Å². The number of nitrogens with zero attached hydrogens (tertiary/aromatic N) is 4. The van der Waals surface area contributed by atoms with Gasteiger partial charge in [0.2, 0.25) is 0 Å². The Hall–Kier alpha value is -1.68. The maximum atomic E-state index is 11.9. The first-order chi connectivity index (χ1) is 14.1. The largest absolute Gasteiger partial charge is 0.490 e. The van der Waals surface area contributed by atoms with E-state index < -0.39 is 65.4 Å². The van der Waals surface area contributed by atoms with Gasteiger partial charge >= 0.3 is 29.2 Å². The fourth-order valence-electron chi connectivity index (χ4n) is 2.31. The fourth-order valence-corrected chi connectivity index (χ4v) is 5.34. The van der Waals surface area contributed by atoms with Gasteiger partial charge in [-0.15, -0.1) is 0 Å². The second-order valence-electron chi connectivity index (χ2n) is 5.69. The molecule has 2 rings (SSSR count). The SMILES string of the molecule is [N-]=[N+]=Nc1cn([C@H]2C[C@H](O)[C@@H](COP(=O)(O)OP(=O)(O)OP(=O)(O)O)O2)c(=O)[nH]c1=O. The Kier molecular flexibility index (Phi) is 7.79. The van der Waals surface area contributed by atoms with Crippen LogP contribution in [-0.2, 0) is 31.6 Å². The van der Waals surface area contributed by atoms with Crippen molar-refractivity contribution in [3.8, 4) is 0 Å². The number of phosphoric ester groups is 1. The molecule has 22 heteroatoms. The molecule has 1 aromatic rings. The molecule has 2 heterocycles. The van der Waals surface area contributed by atoms with E-state index in [2.05, 4.69) is 23.2 Å². The third-order valence-electron chi connectivity index (χ3n) is 3.43. The number of hydrogen-bond donors (Lipinski definition) is 6. The number of aliphatic hydroxyl groups excluding tert-OH is 1. The van der Waals surface area contributed by atoms with Gasteiger partial charge in [0.05, 0.1) is 12.7 Å². The first-order valence-corrected chi connectivity index (χ1v) is 12.2. The summed E-state index contributed by atoms with van der Waals surface area (Å²) in [6.07, 6.45) is -3.52. The van der Waals surface area contributed by atoms with E-state index >= 15 is 0 Å². The summed E-state index contributed by atoms with van der Waals surface area (Å²) in [6, 6.07) is 0. The molecule has 0 aliphatic carbocycles. The molecule has 19 nitrogen and oxygen atoms in total. The van der Waals surface area contributed by atoms with Crippen LogP contribution in [0.2, 0.25) is 0 Å². The first-order valence-electron chi connectivity index (χ1n) is 7.65. The summed E-state index contributed by atoms with van der Waals surface area (Å²) < 4.78 is 51.0. The second kappa shape index (κ2) is 9.44. The van der Waals surface area contributed by atoms with Crippen LogP contribution in [0.3, 0.4) is 0 Å². The molecule has 0 bridgehead atoms. The predicted octanol–water partition coefficient (Wildman–Crippen LogP) is -0.530. The van der Waals surface area contributed by atoms with Crippen molar-refractivity contribution in [2.75, 3.05) is 6.61 Å². The van der Waals surface area contributed by atoms with Gasteiger partial charge in [0, 0.05) is 17.5 Å². The minimum Gasteiger partial charge on any atom is -0.390 e. The van der Waals surface area contributed by atoms with Gasteiger partial charge in [-0.1, -0.05) is 5.11 Å². The Balaban J connectivity index is 2.08. The number of aromatic amines is 1. The van der Waals surface area contributed by atoms with Crippen molar-refractivity contribution in [3.63, 3.8) is 0 Å². The van der Waals surface area contributed by atoms with Gasteiger partial charge in [0.15, 0.2) is 0 Å². The third-order valence-corrected chi connectivity index (χ3v) is 7.24.